The zero-order valence-corrected chi connectivity index (χ0v) is 38.0. The fraction of sp³-hybridized carbons (Fsp3) is 0.259. The summed E-state index contributed by atoms with van der Waals surface area (Å²) >= 11 is 0. The molecule has 0 N–H and O–H groups in total. The number of benzene rings is 5. The molecule has 0 amide bonds. The third-order valence-electron chi connectivity index (χ3n) is 11.4. The molecule has 5 aromatic carbocycles. The Labute approximate surface area is 375 Å². The van der Waals surface area contributed by atoms with Crippen molar-refractivity contribution in [2.75, 3.05) is 4.90 Å². The van der Waals surface area contributed by atoms with Crippen LogP contribution < -0.4 is 4.90 Å². The Morgan fingerprint density at radius 3 is 1.62 bits per heavy atom. The number of aryl methyl sites for hydroxylation is 4. The predicted octanol–water partition coefficient (Wildman–Crippen LogP) is 15.1. The average Bonchev–Trinajstić information content (AvgIpc) is 3.94. The molecule has 1 unspecified atom stereocenters. The largest absolute Gasteiger partial charge is 4.00 e. The van der Waals surface area contributed by atoms with E-state index in [1.165, 1.54) is 33.4 Å². The SMILES string of the molecule is CC1=C[C@@](C)(C[C@@H]([N-]C(C)C)c2ccccc2)C2(C1)C(=Nc1ccc(C)cc1)C([N-]c1ccc(C)cc1)=C([N-]c1ccc(C)cc1)N2c1ccc(C)cc1.[CH]1[CH][CH][CH][CH]1.[Ti+4]. The van der Waals surface area contributed by atoms with E-state index in [-0.39, 0.29) is 33.8 Å². The van der Waals surface area contributed by atoms with Gasteiger partial charge >= 0.3 is 21.7 Å². The zero-order chi connectivity index (χ0) is 41.6. The summed E-state index contributed by atoms with van der Waals surface area (Å²) in [4.78, 5) is 8.18. The van der Waals surface area contributed by atoms with Crippen molar-refractivity contribution >= 4 is 28.5 Å². The monoisotopic (exact) mass is 823 g/mol. The molecule has 2 aliphatic carbocycles. The molecule has 1 heterocycles. The summed E-state index contributed by atoms with van der Waals surface area (Å²) in [7, 11) is 0. The first-order valence-corrected chi connectivity index (χ1v) is 20.9. The fourth-order valence-corrected chi connectivity index (χ4v) is 8.57. The molecule has 0 saturated heterocycles. The second kappa shape index (κ2) is 19.8. The minimum absolute atomic E-state index is 0. The minimum Gasteiger partial charge on any atom is -0.656 e. The minimum atomic E-state index is -0.691. The number of rotatable bonds is 11. The van der Waals surface area contributed by atoms with E-state index >= 15 is 0 Å². The van der Waals surface area contributed by atoms with Crippen molar-refractivity contribution in [2.24, 2.45) is 10.4 Å². The molecule has 301 valence electrons. The van der Waals surface area contributed by atoms with Gasteiger partial charge in [-0.15, -0.1) is 23.5 Å². The summed E-state index contributed by atoms with van der Waals surface area (Å²) in [6.45, 7) is 17.5. The normalized spacial score (nSPS) is 20.9. The van der Waals surface area contributed by atoms with Crippen molar-refractivity contribution in [1.29, 1.82) is 0 Å². The first-order chi connectivity index (χ1) is 28.4. The first-order valence-electron chi connectivity index (χ1n) is 20.9. The van der Waals surface area contributed by atoms with E-state index in [4.69, 9.17) is 20.9 Å². The summed E-state index contributed by atoms with van der Waals surface area (Å²) in [6.07, 6.45) is 14.0. The number of anilines is 1. The maximum atomic E-state index is 5.70. The van der Waals surface area contributed by atoms with Gasteiger partial charge in [0.15, 0.2) is 0 Å². The Bertz CT molecular complexity index is 2250. The molecule has 1 aliphatic heterocycles. The number of nitrogens with zero attached hydrogens (tertiary/aromatic N) is 5. The predicted molar refractivity (Wildman–Crippen MR) is 250 cm³/mol. The van der Waals surface area contributed by atoms with Crippen molar-refractivity contribution < 1.29 is 21.7 Å². The van der Waals surface area contributed by atoms with Gasteiger partial charge in [0.1, 0.15) is 0 Å². The molecule has 1 saturated carbocycles. The van der Waals surface area contributed by atoms with Gasteiger partial charge in [0.2, 0.25) is 0 Å². The molecule has 5 radical (unpaired) electrons. The summed E-state index contributed by atoms with van der Waals surface area (Å²) in [6, 6.07) is 45.2. The second-order valence-electron chi connectivity index (χ2n) is 16.8. The molecule has 0 bridgehead atoms. The Morgan fingerprint density at radius 2 is 1.10 bits per heavy atom. The Morgan fingerprint density at radius 1 is 0.617 bits per heavy atom. The molecule has 60 heavy (non-hydrogen) atoms. The second-order valence-corrected chi connectivity index (χ2v) is 16.8. The van der Waals surface area contributed by atoms with Crippen LogP contribution in [-0.2, 0) is 21.7 Å². The van der Waals surface area contributed by atoms with Gasteiger partial charge < -0.3 is 20.9 Å². The van der Waals surface area contributed by atoms with Crippen molar-refractivity contribution in [3.8, 4) is 0 Å². The van der Waals surface area contributed by atoms with E-state index in [1.807, 2.05) is 32.1 Å². The third kappa shape index (κ3) is 10.1. The van der Waals surface area contributed by atoms with E-state index in [0.29, 0.717) is 0 Å². The molecule has 8 rings (SSSR count). The van der Waals surface area contributed by atoms with Crippen LogP contribution in [0.5, 0.6) is 0 Å². The molecule has 1 spiro atoms. The molecule has 5 nitrogen and oxygen atoms in total. The summed E-state index contributed by atoms with van der Waals surface area (Å²) in [5.41, 5.74) is 11.6. The topological polar surface area (TPSA) is 57.9 Å². The average molecular weight is 824 g/mol. The maximum absolute atomic E-state index is 5.70. The van der Waals surface area contributed by atoms with Gasteiger partial charge in [-0.05, 0) is 102 Å². The number of hydrogen-bond donors (Lipinski definition) is 0. The Balaban J connectivity index is 0.000000937. The van der Waals surface area contributed by atoms with E-state index in [1.54, 1.807) is 0 Å². The van der Waals surface area contributed by atoms with Crippen LogP contribution in [0, 0.1) is 65.2 Å². The van der Waals surface area contributed by atoms with E-state index in [2.05, 4.69) is 194 Å². The zero-order valence-electron chi connectivity index (χ0n) is 36.4. The maximum Gasteiger partial charge on any atom is 4.00 e. The van der Waals surface area contributed by atoms with Crippen LogP contribution >= 0.6 is 0 Å². The van der Waals surface area contributed by atoms with Crippen LogP contribution in [0.4, 0.5) is 22.7 Å². The Hall–Kier alpha value is -4.68. The number of hydrogen-bond acceptors (Lipinski definition) is 2. The molecular formula is C54H57N5Ti+. The Kier molecular flexibility index (Phi) is 14.8. The van der Waals surface area contributed by atoms with Crippen molar-refractivity contribution in [3.05, 3.63) is 226 Å². The van der Waals surface area contributed by atoms with Crippen LogP contribution in [0.2, 0.25) is 0 Å². The molecular weight excluding hydrogens is 766 g/mol. The van der Waals surface area contributed by atoms with E-state index < -0.39 is 11.0 Å². The summed E-state index contributed by atoms with van der Waals surface area (Å²) in [5.74, 6) is 0.792. The molecule has 0 aromatic heterocycles. The van der Waals surface area contributed by atoms with Crippen LogP contribution in [-0.4, -0.2) is 17.3 Å². The fourth-order valence-electron chi connectivity index (χ4n) is 8.57. The summed E-state index contributed by atoms with van der Waals surface area (Å²) in [5, 5.41) is 16.5. The van der Waals surface area contributed by atoms with Gasteiger partial charge in [-0.1, -0.05) is 188 Å². The van der Waals surface area contributed by atoms with Gasteiger partial charge in [-0.2, -0.15) is 0 Å². The van der Waals surface area contributed by atoms with Gasteiger partial charge in [-0.3, -0.25) is 4.99 Å². The molecule has 3 aliphatic rings. The van der Waals surface area contributed by atoms with E-state index in [9.17, 15) is 0 Å². The molecule has 5 aromatic rings. The molecule has 1 fully saturated rings. The van der Waals surface area contributed by atoms with Crippen molar-refractivity contribution in [2.45, 2.75) is 85.9 Å². The van der Waals surface area contributed by atoms with Crippen LogP contribution in [0.3, 0.4) is 0 Å². The van der Waals surface area contributed by atoms with E-state index in [0.717, 1.165) is 52.8 Å². The van der Waals surface area contributed by atoms with Crippen molar-refractivity contribution in [3.63, 3.8) is 0 Å². The number of aliphatic imine (C=N–C) groups is 1. The molecule has 3 atom stereocenters. The first kappa shape index (κ1) is 44.9. The van der Waals surface area contributed by atoms with Gasteiger partial charge in [0.05, 0.1) is 5.69 Å². The quantitative estimate of drug-likeness (QED) is 0.0967. The van der Waals surface area contributed by atoms with Gasteiger partial charge in [-0.25, -0.2) is 0 Å². The smallest absolute Gasteiger partial charge is 0.656 e. The standard InChI is InChI=1S/C49H52N5.C5H5.Ti/c1-33(2)50-44(39-12-10-9-11-13-39)32-48(8)30-38(7)31-49(48)46(52-41-24-16-35(4)17-25-41)45(51-40-22-14-34(3)15-23-40)47(53-42-26-18-36(5)19-27-42)54(49)43-28-20-37(6)21-29-43;1-2-4-5-3-1;/h9-30,33,44H,31-32H2,1-8H3;1-5H;/q-3;;+4/t44-,48+,49?;;/m1../s1. The summed E-state index contributed by atoms with van der Waals surface area (Å²) < 4.78 is 0. The van der Waals surface area contributed by atoms with Gasteiger partial charge in [0.25, 0.3) is 0 Å². The van der Waals surface area contributed by atoms with Crippen LogP contribution in [0.1, 0.15) is 74.4 Å². The molecule has 6 heteroatoms. The van der Waals surface area contributed by atoms with Crippen molar-refractivity contribution in [1.82, 2.24) is 0 Å². The van der Waals surface area contributed by atoms with Crippen LogP contribution in [0.25, 0.3) is 16.0 Å². The van der Waals surface area contributed by atoms with Gasteiger partial charge in [0, 0.05) is 11.3 Å². The third-order valence-corrected chi connectivity index (χ3v) is 11.4. The van der Waals surface area contributed by atoms with Crippen LogP contribution in [0.15, 0.2) is 156 Å².